The van der Waals surface area contributed by atoms with E-state index in [1.807, 2.05) is 12.3 Å². The van der Waals surface area contributed by atoms with Crippen molar-refractivity contribution in [1.29, 1.82) is 0 Å². The van der Waals surface area contributed by atoms with E-state index in [9.17, 15) is 4.79 Å². The molecule has 88 valence electrons. The Labute approximate surface area is 98.7 Å². The van der Waals surface area contributed by atoms with Crippen LogP contribution in [0.25, 0.3) is 0 Å². The highest BCUT2D eigenvalue weighted by Gasteiger charge is 2.27. The maximum absolute atomic E-state index is 10.9. The summed E-state index contributed by atoms with van der Waals surface area (Å²) in [5.74, 6) is -0.853. The molecule has 0 bridgehead atoms. The molecule has 0 saturated heterocycles. The molecule has 2 unspecified atom stereocenters. The number of thiazole rings is 1. The predicted molar refractivity (Wildman–Crippen MR) is 63.9 cm³/mol. The lowest BCUT2D eigenvalue weighted by Crippen LogP contribution is -2.30. The van der Waals surface area contributed by atoms with Gasteiger partial charge in [0.05, 0.1) is 11.6 Å². The number of aryl methyl sites for hydroxylation is 1. The fourth-order valence-corrected chi connectivity index (χ4v) is 2.91. The number of hydrogen-bond donors (Lipinski definition) is 2. The maximum atomic E-state index is 10.9. The Morgan fingerprint density at radius 3 is 3.06 bits per heavy atom. The number of hydrogen-bond acceptors (Lipinski definition) is 4. The van der Waals surface area contributed by atoms with E-state index in [2.05, 4.69) is 10.3 Å². The highest BCUT2D eigenvalue weighted by molar-refractivity contribution is 7.13. The Bertz CT molecular complexity index is 378. The largest absolute Gasteiger partial charge is 0.481 e. The van der Waals surface area contributed by atoms with Gasteiger partial charge in [0, 0.05) is 11.4 Å². The second-order valence-electron chi connectivity index (χ2n) is 4.34. The molecule has 1 heterocycles. The van der Waals surface area contributed by atoms with E-state index in [1.165, 1.54) is 0 Å². The van der Waals surface area contributed by atoms with Gasteiger partial charge in [0.1, 0.15) is 0 Å². The highest BCUT2D eigenvalue weighted by Crippen LogP contribution is 2.27. The molecule has 1 aliphatic carbocycles. The van der Waals surface area contributed by atoms with Gasteiger partial charge in [0.2, 0.25) is 0 Å². The Balaban J connectivity index is 1.92. The first-order valence-electron chi connectivity index (χ1n) is 5.56. The molecule has 1 fully saturated rings. The van der Waals surface area contributed by atoms with Crippen LogP contribution in [-0.2, 0) is 4.79 Å². The van der Waals surface area contributed by atoms with Gasteiger partial charge in [-0.15, -0.1) is 11.3 Å². The number of rotatable bonds is 3. The summed E-state index contributed by atoms with van der Waals surface area (Å²) in [5, 5.41) is 15.2. The summed E-state index contributed by atoms with van der Waals surface area (Å²) in [7, 11) is 0. The first-order chi connectivity index (χ1) is 7.65. The average Bonchev–Trinajstić information content (AvgIpc) is 2.64. The average molecular weight is 240 g/mol. The van der Waals surface area contributed by atoms with Crippen LogP contribution in [0.3, 0.4) is 0 Å². The van der Waals surface area contributed by atoms with Crippen molar-refractivity contribution >= 4 is 22.4 Å². The van der Waals surface area contributed by atoms with Crippen molar-refractivity contribution in [3.05, 3.63) is 11.1 Å². The molecule has 1 saturated carbocycles. The molecular weight excluding hydrogens is 224 g/mol. The normalized spacial score (nSPS) is 25.3. The van der Waals surface area contributed by atoms with Gasteiger partial charge in [-0.1, -0.05) is 6.42 Å². The molecule has 1 aromatic rings. The third-order valence-electron chi connectivity index (χ3n) is 2.97. The molecule has 4 nitrogen and oxygen atoms in total. The van der Waals surface area contributed by atoms with Gasteiger partial charge in [0.15, 0.2) is 5.13 Å². The number of aliphatic carboxylic acids is 1. The molecule has 16 heavy (non-hydrogen) atoms. The highest BCUT2D eigenvalue weighted by atomic mass is 32.1. The third-order valence-corrected chi connectivity index (χ3v) is 3.86. The summed E-state index contributed by atoms with van der Waals surface area (Å²) in [6.07, 6.45) is 3.56. The number of carboxylic acids is 1. The summed E-state index contributed by atoms with van der Waals surface area (Å²) in [6.45, 7) is 1.96. The Morgan fingerprint density at radius 2 is 2.44 bits per heavy atom. The predicted octanol–water partition coefficient (Wildman–Crippen LogP) is 2.51. The minimum Gasteiger partial charge on any atom is -0.481 e. The molecular formula is C11H16N2O2S. The van der Waals surface area contributed by atoms with Gasteiger partial charge in [-0.3, -0.25) is 4.79 Å². The van der Waals surface area contributed by atoms with Gasteiger partial charge in [-0.25, -0.2) is 4.98 Å². The fraction of sp³-hybridized carbons (Fsp3) is 0.636. The van der Waals surface area contributed by atoms with E-state index < -0.39 is 5.97 Å². The second kappa shape index (κ2) is 4.82. The molecule has 0 spiro atoms. The molecule has 1 aromatic heterocycles. The van der Waals surface area contributed by atoms with Gasteiger partial charge in [0.25, 0.3) is 0 Å². The van der Waals surface area contributed by atoms with Crippen LogP contribution in [0.15, 0.2) is 5.38 Å². The molecule has 1 aliphatic rings. The maximum Gasteiger partial charge on any atom is 0.306 e. The van der Waals surface area contributed by atoms with E-state index in [4.69, 9.17) is 5.11 Å². The summed E-state index contributed by atoms with van der Waals surface area (Å²) in [4.78, 5) is 15.3. The first-order valence-corrected chi connectivity index (χ1v) is 6.44. The molecule has 2 rings (SSSR count). The van der Waals surface area contributed by atoms with Crippen LogP contribution in [0.5, 0.6) is 0 Å². The molecule has 5 heteroatoms. The van der Waals surface area contributed by atoms with Crippen molar-refractivity contribution in [2.45, 2.75) is 38.6 Å². The van der Waals surface area contributed by atoms with Crippen LogP contribution in [0, 0.1) is 12.8 Å². The summed E-state index contributed by atoms with van der Waals surface area (Å²) >= 11 is 1.58. The zero-order valence-electron chi connectivity index (χ0n) is 9.27. The zero-order valence-corrected chi connectivity index (χ0v) is 10.1. The summed E-state index contributed by atoms with van der Waals surface area (Å²) in [6, 6.07) is 0.264. The van der Waals surface area contributed by atoms with Gasteiger partial charge in [-0.05, 0) is 26.2 Å². The van der Waals surface area contributed by atoms with Crippen LogP contribution < -0.4 is 5.32 Å². The SMILES string of the molecule is Cc1csc(NC2CCCC(C(=O)O)C2)n1. The number of nitrogens with one attached hydrogen (secondary N) is 1. The van der Waals surface area contributed by atoms with Crippen LogP contribution in [0.4, 0.5) is 5.13 Å². The number of nitrogens with zero attached hydrogens (tertiary/aromatic N) is 1. The molecule has 0 radical (unpaired) electrons. The number of aromatic nitrogens is 1. The minimum absolute atomic E-state index is 0.188. The summed E-state index contributed by atoms with van der Waals surface area (Å²) in [5.41, 5.74) is 1.01. The smallest absolute Gasteiger partial charge is 0.306 e. The van der Waals surface area contributed by atoms with Crippen molar-refractivity contribution in [3.8, 4) is 0 Å². The van der Waals surface area contributed by atoms with Crippen molar-refractivity contribution in [2.24, 2.45) is 5.92 Å². The Hall–Kier alpha value is -1.10. The van der Waals surface area contributed by atoms with Crippen LogP contribution >= 0.6 is 11.3 Å². The van der Waals surface area contributed by atoms with Crippen LogP contribution in [0.2, 0.25) is 0 Å². The van der Waals surface area contributed by atoms with Crippen molar-refractivity contribution in [3.63, 3.8) is 0 Å². The lowest BCUT2D eigenvalue weighted by molar-refractivity contribution is -0.142. The first kappa shape index (κ1) is 11.4. The van der Waals surface area contributed by atoms with Crippen molar-refractivity contribution in [2.75, 3.05) is 5.32 Å². The van der Waals surface area contributed by atoms with E-state index in [-0.39, 0.29) is 12.0 Å². The third kappa shape index (κ3) is 2.72. The fourth-order valence-electron chi connectivity index (χ4n) is 2.14. The topological polar surface area (TPSA) is 62.2 Å². The van der Waals surface area contributed by atoms with Gasteiger partial charge in [-0.2, -0.15) is 0 Å². The van der Waals surface area contributed by atoms with Gasteiger partial charge >= 0.3 is 5.97 Å². The Kier molecular flexibility index (Phi) is 3.43. The van der Waals surface area contributed by atoms with Crippen molar-refractivity contribution in [1.82, 2.24) is 4.98 Å². The Morgan fingerprint density at radius 1 is 1.62 bits per heavy atom. The zero-order chi connectivity index (χ0) is 11.5. The van der Waals surface area contributed by atoms with Crippen LogP contribution in [-0.4, -0.2) is 22.1 Å². The number of carboxylic acid groups (broad SMARTS) is 1. The molecule has 0 aliphatic heterocycles. The van der Waals surface area contributed by atoms with E-state index in [1.54, 1.807) is 11.3 Å². The van der Waals surface area contributed by atoms with Crippen LogP contribution in [0.1, 0.15) is 31.4 Å². The number of carbonyl (C=O) groups is 1. The number of anilines is 1. The lowest BCUT2D eigenvalue weighted by Gasteiger charge is -2.27. The molecule has 0 aromatic carbocycles. The molecule has 2 atom stereocenters. The molecule has 0 amide bonds. The van der Waals surface area contributed by atoms with Gasteiger partial charge < -0.3 is 10.4 Å². The minimum atomic E-state index is -0.665. The monoisotopic (exact) mass is 240 g/mol. The lowest BCUT2D eigenvalue weighted by atomic mass is 9.86. The summed E-state index contributed by atoms with van der Waals surface area (Å²) < 4.78 is 0. The quantitative estimate of drug-likeness (QED) is 0.852. The second-order valence-corrected chi connectivity index (χ2v) is 5.20. The molecule has 2 N–H and O–H groups in total. The van der Waals surface area contributed by atoms with E-state index in [0.29, 0.717) is 6.42 Å². The van der Waals surface area contributed by atoms with E-state index in [0.717, 1.165) is 30.1 Å². The van der Waals surface area contributed by atoms with Crippen molar-refractivity contribution < 1.29 is 9.90 Å². The standard InChI is InChI=1S/C11H16N2O2S/c1-7-6-16-11(12-7)13-9-4-2-3-8(5-9)10(14)15/h6,8-9H,2-5H2,1H3,(H,12,13)(H,14,15). The van der Waals surface area contributed by atoms with E-state index >= 15 is 0 Å².